The predicted octanol–water partition coefficient (Wildman–Crippen LogP) is 3.10. The van der Waals surface area contributed by atoms with Crippen molar-refractivity contribution >= 4 is 22.3 Å². The van der Waals surface area contributed by atoms with E-state index in [0.717, 1.165) is 60.5 Å². The van der Waals surface area contributed by atoms with E-state index in [1.54, 1.807) is 23.7 Å². The molecule has 0 bridgehead atoms. The highest BCUT2D eigenvalue weighted by Crippen LogP contribution is 2.31. The average Bonchev–Trinajstić information content (AvgIpc) is 3.24. The van der Waals surface area contributed by atoms with Crippen LogP contribution >= 0.6 is 11.3 Å². The number of rotatable bonds is 5. The van der Waals surface area contributed by atoms with Crippen LogP contribution in [0.2, 0.25) is 0 Å². The summed E-state index contributed by atoms with van der Waals surface area (Å²) in [5.41, 5.74) is 3.16. The van der Waals surface area contributed by atoms with Crippen LogP contribution in [0.1, 0.15) is 35.8 Å². The van der Waals surface area contributed by atoms with Crippen LogP contribution in [-0.2, 0) is 13.6 Å². The molecule has 1 aliphatic heterocycles. The first-order valence-electron chi connectivity index (χ1n) is 8.86. The van der Waals surface area contributed by atoms with Crippen LogP contribution in [0.15, 0.2) is 30.3 Å². The second-order valence-corrected chi connectivity index (χ2v) is 7.67. The van der Waals surface area contributed by atoms with E-state index in [-0.39, 0.29) is 0 Å². The standard InChI is InChI=1S/C18H23N7S/c1-13-11-26-18(22-13)23-17-16(19-5-6-20-17)14-4-3-7-25(8-14)10-15-9-24(2)12-21-15/h5-6,9,11-12,14H,3-4,7-8,10H2,1-2H3,(H,20,22,23). The molecule has 1 fully saturated rings. The molecule has 1 atom stereocenters. The number of imidazole rings is 1. The summed E-state index contributed by atoms with van der Waals surface area (Å²) in [4.78, 5) is 20.6. The number of anilines is 2. The summed E-state index contributed by atoms with van der Waals surface area (Å²) in [6, 6.07) is 0. The molecule has 4 heterocycles. The van der Waals surface area contributed by atoms with Crippen molar-refractivity contribution in [3.05, 3.63) is 47.4 Å². The lowest BCUT2D eigenvalue weighted by molar-refractivity contribution is 0.197. The minimum atomic E-state index is 0.365. The van der Waals surface area contributed by atoms with Gasteiger partial charge in [-0.3, -0.25) is 9.88 Å². The van der Waals surface area contributed by atoms with Crippen LogP contribution in [0.3, 0.4) is 0 Å². The zero-order valence-electron chi connectivity index (χ0n) is 15.1. The molecule has 1 saturated heterocycles. The second-order valence-electron chi connectivity index (χ2n) is 6.81. The first kappa shape index (κ1) is 17.1. The number of hydrogen-bond acceptors (Lipinski definition) is 7. The average molecular weight is 369 g/mol. The third kappa shape index (κ3) is 3.91. The van der Waals surface area contributed by atoms with Gasteiger partial charge in [0.15, 0.2) is 10.9 Å². The van der Waals surface area contributed by atoms with Gasteiger partial charge >= 0.3 is 0 Å². The molecule has 0 amide bonds. The minimum absolute atomic E-state index is 0.365. The van der Waals surface area contributed by atoms with Gasteiger partial charge in [0.05, 0.1) is 23.4 Å². The Labute approximate surface area is 157 Å². The van der Waals surface area contributed by atoms with Crippen LogP contribution in [0.25, 0.3) is 0 Å². The molecule has 26 heavy (non-hydrogen) atoms. The fourth-order valence-corrected chi connectivity index (χ4v) is 4.14. The smallest absolute Gasteiger partial charge is 0.188 e. The van der Waals surface area contributed by atoms with E-state index in [0.29, 0.717) is 5.92 Å². The van der Waals surface area contributed by atoms with Crippen molar-refractivity contribution in [1.29, 1.82) is 0 Å². The number of aromatic nitrogens is 5. The predicted molar refractivity (Wildman–Crippen MR) is 103 cm³/mol. The molecular formula is C18H23N7S. The van der Waals surface area contributed by atoms with E-state index >= 15 is 0 Å². The van der Waals surface area contributed by atoms with Crippen LogP contribution in [0.5, 0.6) is 0 Å². The lowest BCUT2D eigenvalue weighted by Gasteiger charge is -2.32. The molecular weight excluding hydrogens is 346 g/mol. The molecule has 1 aliphatic rings. The highest BCUT2D eigenvalue weighted by molar-refractivity contribution is 7.13. The largest absolute Gasteiger partial charge is 0.340 e. The Morgan fingerprint density at radius 2 is 2.15 bits per heavy atom. The SMILES string of the molecule is Cc1csc(Nc2nccnc2C2CCCN(Cc3cn(C)cn3)C2)n1. The summed E-state index contributed by atoms with van der Waals surface area (Å²) in [6.45, 7) is 4.95. The summed E-state index contributed by atoms with van der Waals surface area (Å²) >= 11 is 1.59. The van der Waals surface area contributed by atoms with Gasteiger partial charge in [-0.05, 0) is 26.3 Å². The van der Waals surface area contributed by atoms with Crippen molar-refractivity contribution in [1.82, 2.24) is 29.4 Å². The quantitative estimate of drug-likeness (QED) is 0.745. The van der Waals surface area contributed by atoms with Crippen molar-refractivity contribution < 1.29 is 0 Å². The zero-order chi connectivity index (χ0) is 17.9. The van der Waals surface area contributed by atoms with Gasteiger partial charge in [0.25, 0.3) is 0 Å². The highest BCUT2D eigenvalue weighted by Gasteiger charge is 2.25. The Morgan fingerprint density at radius 3 is 2.92 bits per heavy atom. The van der Waals surface area contributed by atoms with E-state index in [4.69, 9.17) is 0 Å². The topological polar surface area (TPSA) is 71.8 Å². The van der Waals surface area contributed by atoms with Crippen molar-refractivity contribution in [3.8, 4) is 0 Å². The first-order valence-corrected chi connectivity index (χ1v) is 9.74. The molecule has 0 aromatic carbocycles. The van der Waals surface area contributed by atoms with Crippen LogP contribution < -0.4 is 5.32 Å². The maximum Gasteiger partial charge on any atom is 0.188 e. The maximum absolute atomic E-state index is 4.66. The second kappa shape index (κ2) is 7.51. The van der Waals surface area contributed by atoms with E-state index < -0.39 is 0 Å². The Bertz CT molecular complexity index is 872. The summed E-state index contributed by atoms with van der Waals surface area (Å²) in [7, 11) is 2.01. The van der Waals surface area contributed by atoms with Gasteiger partial charge in [-0.2, -0.15) is 0 Å². The van der Waals surface area contributed by atoms with Crippen LogP contribution in [0, 0.1) is 6.92 Å². The third-order valence-corrected chi connectivity index (χ3v) is 5.48. The summed E-state index contributed by atoms with van der Waals surface area (Å²) < 4.78 is 2.00. The van der Waals surface area contributed by atoms with Crippen LogP contribution in [0.4, 0.5) is 10.9 Å². The van der Waals surface area contributed by atoms with E-state index in [2.05, 4.69) is 36.3 Å². The molecule has 0 radical (unpaired) electrons. The fraction of sp³-hybridized carbons (Fsp3) is 0.444. The molecule has 0 aliphatic carbocycles. The highest BCUT2D eigenvalue weighted by atomic mass is 32.1. The van der Waals surface area contributed by atoms with Gasteiger partial charge in [-0.25, -0.2) is 15.0 Å². The minimum Gasteiger partial charge on any atom is -0.340 e. The van der Waals surface area contributed by atoms with Crippen molar-refractivity contribution in [2.75, 3.05) is 18.4 Å². The van der Waals surface area contributed by atoms with Gasteiger partial charge in [0.2, 0.25) is 0 Å². The third-order valence-electron chi connectivity index (χ3n) is 4.61. The number of likely N-dealkylation sites (tertiary alicyclic amines) is 1. The van der Waals surface area contributed by atoms with Gasteiger partial charge in [-0.15, -0.1) is 11.3 Å². The molecule has 1 N–H and O–H groups in total. The first-order chi connectivity index (χ1) is 12.7. The molecule has 4 rings (SSSR count). The molecule has 7 nitrogen and oxygen atoms in total. The van der Waals surface area contributed by atoms with E-state index in [1.165, 1.54) is 0 Å². The number of nitrogens with one attached hydrogen (secondary N) is 1. The fourth-order valence-electron chi connectivity index (χ4n) is 3.46. The van der Waals surface area contributed by atoms with E-state index in [1.807, 2.05) is 30.2 Å². The normalized spacial score (nSPS) is 18.2. The molecule has 1 unspecified atom stereocenters. The number of piperidine rings is 1. The van der Waals surface area contributed by atoms with Gasteiger partial charge in [-0.1, -0.05) is 0 Å². The number of aryl methyl sites for hydroxylation is 2. The Hall–Kier alpha value is -2.32. The molecule has 0 saturated carbocycles. The number of hydrogen-bond donors (Lipinski definition) is 1. The Kier molecular flexibility index (Phi) is 4.94. The molecule has 3 aromatic rings. The Morgan fingerprint density at radius 1 is 1.27 bits per heavy atom. The van der Waals surface area contributed by atoms with Gasteiger partial charge in [0.1, 0.15) is 0 Å². The van der Waals surface area contributed by atoms with Gasteiger partial charge in [0, 0.05) is 50.0 Å². The molecule has 8 heteroatoms. The molecule has 136 valence electrons. The summed E-state index contributed by atoms with van der Waals surface area (Å²) in [5.74, 6) is 1.19. The van der Waals surface area contributed by atoms with Crippen molar-refractivity contribution in [2.24, 2.45) is 7.05 Å². The van der Waals surface area contributed by atoms with Gasteiger partial charge < -0.3 is 9.88 Å². The molecule has 0 spiro atoms. The maximum atomic E-state index is 4.66. The zero-order valence-corrected chi connectivity index (χ0v) is 15.9. The van der Waals surface area contributed by atoms with Crippen molar-refractivity contribution in [2.45, 2.75) is 32.2 Å². The van der Waals surface area contributed by atoms with Crippen molar-refractivity contribution in [3.63, 3.8) is 0 Å². The lowest BCUT2D eigenvalue weighted by Crippen LogP contribution is -2.34. The summed E-state index contributed by atoms with van der Waals surface area (Å²) in [5, 5.41) is 6.26. The monoisotopic (exact) mass is 369 g/mol. The molecule has 3 aromatic heterocycles. The van der Waals surface area contributed by atoms with Crippen LogP contribution in [-0.4, -0.2) is 42.5 Å². The number of nitrogens with zero attached hydrogens (tertiary/aromatic N) is 6. The lowest BCUT2D eigenvalue weighted by atomic mass is 9.94. The Balaban J connectivity index is 1.49. The van der Waals surface area contributed by atoms with E-state index in [9.17, 15) is 0 Å². The summed E-state index contributed by atoms with van der Waals surface area (Å²) in [6.07, 6.45) is 9.75. The number of thiazole rings is 1.